The highest BCUT2D eigenvalue weighted by atomic mass is 32.1. The van der Waals surface area contributed by atoms with Crippen LogP contribution in [-0.4, -0.2) is 48.1 Å². The summed E-state index contributed by atoms with van der Waals surface area (Å²) in [5.41, 5.74) is 7.08. The van der Waals surface area contributed by atoms with Crippen LogP contribution < -0.4 is 11.1 Å². The SMILES string of the molecule is CC1CN(CC(=O)Nc2ccc(C(N)=S)cc2)CCCO1. The minimum atomic E-state index is -0.0211. The molecule has 2 rings (SSSR count). The predicted molar refractivity (Wildman–Crippen MR) is 87.4 cm³/mol. The minimum Gasteiger partial charge on any atom is -0.389 e. The van der Waals surface area contributed by atoms with Crippen molar-refractivity contribution < 1.29 is 9.53 Å². The van der Waals surface area contributed by atoms with E-state index in [1.54, 1.807) is 24.3 Å². The van der Waals surface area contributed by atoms with Gasteiger partial charge >= 0.3 is 0 Å². The molecule has 1 heterocycles. The first-order valence-corrected chi connectivity index (χ1v) is 7.49. The van der Waals surface area contributed by atoms with E-state index in [-0.39, 0.29) is 12.0 Å². The molecule has 1 unspecified atom stereocenters. The topological polar surface area (TPSA) is 67.6 Å². The van der Waals surface area contributed by atoms with Gasteiger partial charge in [-0.3, -0.25) is 9.69 Å². The fourth-order valence-corrected chi connectivity index (χ4v) is 2.48. The van der Waals surface area contributed by atoms with Crippen LogP contribution in [0.5, 0.6) is 0 Å². The van der Waals surface area contributed by atoms with Gasteiger partial charge in [-0.05, 0) is 37.6 Å². The van der Waals surface area contributed by atoms with E-state index in [0.29, 0.717) is 11.5 Å². The van der Waals surface area contributed by atoms with Crippen LogP contribution in [-0.2, 0) is 9.53 Å². The second-order valence-electron chi connectivity index (χ2n) is 5.26. The largest absolute Gasteiger partial charge is 0.389 e. The molecule has 0 radical (unpaired) electrons. The fourth-order valence-electron chi connectivity index (χ4n) is 2.35. The van der Waals surface area contributed by atoms with Crippen molar-refractivity contribution in [3.8, 4) is 0 Å². The molecule has 1 amide bonds. The van der Waals surface area contributed by atoms with Gasteiger partial charge in [0.2, 0.25) is 5.91 Å². The Kier molecular flexibility index (Phi) is 5.67. The first-order valence-electron chi connectivity index (χ1n) is 7.08. The normalized spacial score (nSPS) is 19.8. The number of carbonyl (C=O) groups is 1. The maximum atomic E-state index is 12.1. The third-order valence-corrected chi connectivity index (χ3v) is 3.59. The lowest BCUT2D eigenvalue weighted by Gasteiger charge is -2.21. The molecule has 0 spiro atoms. The van der Waals surface area contributed by atoms with Crippen LogP contribution in [0.3, 0.4) is 0 Å². The highest BCUT2D eigenvalue weighted by molar-refractivity contribution is 7.80. The van der Waals surface area contributed by atoms with Gasteiger partial charge in [-0.25, -0.2) is 0 Å². The number of nitrogens with zero attached hydrogens (tertiary/aromatic N) is 1. The summed E-state index contributed by atoms with van der Waals surface area (Å²) in [6, 6.07) is 7.22. The van der Waals surface area contributed by atoms with Crippen LogP contribution in [0.1, 0.15) is 18.9 Å². The lowest BCUT2D eigenvalue weighted by atomic mass is 10.2. The van der Waals surface area contributed by atoms with Crippen molar-refractivity contribution in [3.05, 3.63) is 29.8 Å². The van der Waals surface area contributed by atoms with E-state index in [2.05, 4.69) is 10.2 Å². The number of thiocarbonyl (C=S) groups is 1. The number of hydrogen-bond donors (Lipinski definition) is 2. The maximum absolute atomic E-state index is 12.1. The molecule has 114 valence electrons. The Morgan fingerprint density at radius 2 is 2.19 bits per heavy atom. The molecule has 6 heteroatoms. The number of nitrogens with one attached hydrogen (secondary N) is 1. The average molecular weight is 307 g/mol. The summed E-state index contributed by atoms with van der Waals surface area (Å²) in [7, 11) is 0. The van der Waals surface area contributed by atoms with Crippen LogP contribution >= 0.6 is 12.2 Å². The molecule has 1 aliphatic rings. The van der Waals surface area contributed by atoms with Gasteiger partial charge in [0.25, 0.3) is 0 Å². The number of amides is 1. The Labute approximate surface area is 130 Å². The van der Waals surface area contributed by atoms with Crippen molar-refractivity contribution >= 4 is 28.8 Å². The zero-order chi connectivity index (χ0) is 15.2. The highest BCUT2D eigenvalue weighted by Gasteiger charge is 2.17. The second-order valence-corrected chi connectivity index (χ2v) is 5.70. The van der Waals surface area contributed by atoms with E-state index >= 15 is 0 Å². The average Bonchev–Trinajstić information content (AvgIpc) is 2.63. The van der Waals surface area contributed by atoms with Gasteiger partial charge in [-0.15, -0.1) is 0 Å². The van der Waals surface area contributed by atoms with E-state index in [0.717, 1.165) is 37.4 Å². The Morgan fingerprint density at radius 1 is 1.48 bits per heavy atom. The van der Waals surface area contributed by atoms with E-state index in [1.165, 1.54) is 0 Å². The third kappa shape index (κ3) is 5.08. The van der Waals surface area contributed by atoms with Gasteiger partial charge in [0, 0.05) is 30.9 Å². The summed E-state index contributed by atoms with van der Waals surface area (Å²) in [4.78, 5) is 14.5. The molecule has 1 fully saturated rings. The standard InChI is InChI=1S/C15H21N3O2S/c1-11-9-18(7-2-8-20-11)10-14(19)17-13-5-3-12(4-6-13)15(16)21/h3-6,11H,2,7-10H2,1H3,(H2,16,21)(H,17,19). The highest BCUT2D eigenvalue weighted by Crippen LogP contribution is 2.10. The molecule has 0 bridgehead atoms. The molecule has 0 aromatic heterocycles. The number of rotatable bonds is 4. The number of ether oxygens (including phenoxy) is 1. The predicted octanol–water partition coefficient (Wildman–Crippen LogP) is 1.37. The number of hydrogen-bond acceptors (Lipinski definition) is 4. The molecule has 3 N–H and O–H groups in total. The summed E-state index contributed by atoms with van der Waals surface area (Å²) < 4.78 is 5.57. The molecule has 0 aliphatic carbocycles. The first kappa shape index (κ1) is 15.9. The molecule has 5 nitrogen and oxygen atoms in total. The van der Waals surface area contributed by atoms with E-state index in [1.807, 2.05) is 6.92 Å². The number of nitrogens with two attached hydrogens (primary N) is 1. The van der Waals surface area contributed by atoms with Crippen LogP contribution in [0, 0.1) is 0 Å². The van der Waals surface area contributed by atoms with Crippen molar-refractivity contribution in [2.75, 3.05) is 31.6 Å². The van der Waals surface area contributed by atoms with Crippen molar-refractivity contribution in [1.29, 1.82) is 0 Å². The summed E-state index contributed by atoms with van der Waals surface area (Å²) in [6.07, 6.45) is 1.13. The van der Waals surface area contributed by atoms with Crippen LogP contribution in [0.4, 0.5) is 5.69 Å². The smallest absolute Gasteiger partial charge is 0.238 e. The van der Waals surface area contributed by atoms with Gasteiger partial charge in [0.1, 0.15) is 4.99 Å². The van der Waals surface area contributed by atoms with E-state index < -0.39 is 0 Å². The van der Waals surface area contributed by atoms with Gasteiger partial charge in [0.15, 0.2) is 0 Å². The molecular formula is C15H21N3O2S. The van der Waals surface area contributed by atoms with Crippen LogP contribution in [0.15, 0.2) is 24.3 Å². The van der Waals surface area contributed by atoms with Crippen LogP contribution in [0.25, 0.3) is 0 Å². The third-order valence-electron chi connectivity index (χ3n) is 3.36. The minimum absolute atomic E-state index is 0.0211. The lowest BCUT2D eigenvalue weighted by molar-refractivity contribution is -0.117. The fraction of sp³-hybridized carbons (Fsp3) is 0.467. The Balaban J connectivity index is 1.87. The van der Waals surface area contributed by atoms with Crippen molar-refractivity contribution in [2.45, 2.75) is 19.4 Å². The monoisotopic (exact) mass is 307 g/mol. The summed E-state index contributed by atoms with van der Waals surface area (Å²) in [5, 5.41) is 2.89. The summed E-state index contributed by atoms with van der Waals surface area (Å²) in [5.74, 6) is -0.0211. The second kappa shape index (κ2) is 7.49. The Morgan fingerprint density at radius 3 is 2.86 bits per heavy atom. The Bertz CT molecular complexity index is 504. The molecule has 1 aromatic carbocycles. The van der Waals surface area contributed by atoms with Crippen LogP contribution in [0.2, 0.25) is 0 Å². The lowest BCUT2D eigenvalue weighted by Crippen LogP contribution is -2.37. The molecule has 0 saturated carbocycles. The summed E-state index contributed by atoms with van der Waals surface area (Å²) >= 11 is 4.90. The van der Waals surface area contributed by atoms with E-state index in [4.69, 9.17) is 22.7 Å². The molecule has 1 aromatic rings. The van der Waals surface area contributed by atoms with Gasteiger partial charge < -0.3 is 15.8 Å². The molecule has 1 aliphatic heterocycles. The quantitative estimate of drug-likeness (QED) is 0.822. The molecular weight excluding hydrogens is 286 g/mol. The zero-order valence-electron chi connectivity index (χ0n) is 12.2. The molecule has 21 heavy (non-hydrogen) atoms. The molecule has 1 atom stereocenters. The van der Waals surface area contributed by atoms with Crippen molar-refractivity contribution in [1.82, 2.24) is 4.90 Å². The van der Waals surface area contributed by atoms with Crippen molar-refractivity contribution in [3.63, 3.8) is 0 Å². The number of carbonyl (C=O) groups excluding carboxylic acids is 1. The molecule has 1 saturated heterocycles. The van der Waals surface area contributed by atoms with Gasteiger partial charge in [-0.1, -0.05) is 12.2 Å². The van der Waals surface area contributed by atoms with E-state index in [9.17, 15) is 4.79 Å². The number of anilines is 1. The van der Waals surface area contributed by atoms with Gasteiger partial charge in [0.05, 0.1) is 12.6 Å². The Hall–Kier alpha value is -1.50. The maximum Gasteiger partial charge on any atom is 0.238 e. The summed E-state index contributed by atoms with van der Waals surface area (Å²) in [6.45, 7) is 4.85. The zero-order valence-corrected chi connectivity index (χ0v) is 13.0. The van der Waals surface area contributed by atoms with Gasteiger partial charge in [-0.2, -0.15) is 0 Å². The number of benzene rings is 1. The first-order chi connectivity index (χ1) is 10.0. The van der Waals surface area contributed by atoms with Crippen molar-refractivity contribution in [2.24, 2.45) is 5.73 Å².